The van der Waals surface area contributed by atoms with Crippen molar-refractivity contribution < 1.29 is 23.0 Å². The highest BCUT2D eigenvalue weighted by Gasteiger charge is 2.25. The highest BCUT2D eigenvalue weighted by Crippen LogP contribution is 2.27. The molecule has 182 valence electrons. The molecular formula is C26H35F3N2O2. The summed E-state index contributed by atoms with van der Waals surface area (Å²) >= 11 is 0. The largest absolute Gasteiger partial charge is 0.356 e. The highest BCUT2D eigenvalue weighted by molar-refractivity contribution is 5.22. The third-order valence-corrected chi connectivity index (χ3v) is 5.97. The van der Waals surface area contributed by atoms with Gasteiger partial charge in [0.1, 0.15) is 5.82 Å². The molecule has 0 aliphatic carbocycles. The van der Waals surface area contributed by atoms with E-state index in [1.807, 2.05) is 26.8 Å². The van der Waals surface area contributed by atoms with Crippen molar-refractivity contribution in [3.63, 3.8) is 0 Å². The summed E-state index contributed by atoms with van der Waals surface area (Å²) < 4.78 is 46.9. The third kappa shape index (κ3) is 8.10. The van der Waals surface area contributed by atoms with Gasteiger partial charge in [-0.1, -0.05) is 30.3 Å². The van der Waals surface area contributed by atoms with Gasteiger partial charge in [-0.2, -0.15) is 0 Å². The van der Waals surface area contributed by atoms with Crippen molar-refractivity contribution >= 4 is 0 Å². The predicted molar refractivity (Wildman–Crippen MR) is 123 cm³/mol. The number of hydrogen-bond acceptors (Lipinski definition) is 4. The molecule has 0 spiro atoms. The second-order valence-corrected chi connectivity index (χ2v) is 9.85. The minimum atomic E-state index is -1.26. The van der Waals surface area contributed by atoms with Gasteiger partial charge in [-0.25, -0.2) is 13.2 Å². The molecule has 4 nitrogen and oxygen atoms in total. The fourth-order valence-corrected chi connectivity index (χ4v) is 4.39. The number of aliphatic hydroxyl groups excluding tert-OH is 1. The quantitative estimate of drug-likeness (QED) is 0.407. The van der Waals surface area contributed by atoms with Gasteiger partial charge in [-0.3, -0.25) is 5.32 Å². The van der Waals surface area contributed by atoms with Crippen LogP contribution in [0, 0.1) is 17.5 Å². The lowest BCUT2D eigenvalue weighted by molar-refractivity contribution is -0.185. The zero-order valence-corrected chi connectivity index (χ0v) is 19.7. The van der Waals surface area contributed by atoms with Gasteiger partial charge in [0.2, 0.25) is 6.41 Å². The van der Waals surface area contributed by atoms with E-state index in [2.05, 4.69) is 34.5 Å². The number of likely N-dealkylation sites (tertiary alicyclic amines) is 1. The molecule has 0 aromatic heterocycles. The molecule has 33 heavy (non-hydrogen) atoms. The second kappa shape index (κ2) is 11.5. The van der Waals surface area contributed by atoms with Gasteiger partial charge < -0.3 is 14.7 Å². The molecule has 2 N–H and O–H groups in total. The Labute approximate surface area is 194 Å². The highest BCUT2D eigenvalue weighted by atomic mass is 19.2. The lowest BCUT2D eigenvalue weighted by Crippen LogP contribution is -2.46. The number of nitrogens with one attached hydrogen (secondary N) is 1. The van der Waals surface area contributed by atoms with Crippen LogP contribution in [0.5, 0.6) is 0 Å². The van der Waals surface area contributed by atoms with E-state index in [4.69, 9.17) is 4.74 Å². The monoisotopic (exact) mass is 464 g/mol. The summed E-state index contributed by atoms with van der Waals surface area (Å²) in [6, 6.07) is 11.5. The normalized spacial score (nSPS) is 19.4. The number of rotatable bonds is 9. The molecule has 1 saturated heterocycles. The van der Waals surface area contributed by atoms with Crippen molar-refractivity contribution in [3.05, 3.63) is 71.0 Å². The fourth-order valence-electron chi connectivity index (χ4n) is 4.39. The Bertz CT molecular complexity index is 889. The Kier molecular flexibility index (Phi) is 8.93. The van der Waals surface area contributed by atoms with Crippen molar-refractivity contribution in [2.75, 3.05) is 19.6 Å². The summed E-state index contributed by atoms with van der Waals surface area (Å²) in [5.74, 6) is -2.63. The maximum Gasteiger partial charge on any atom is 0.214 e. The zero-order chi connectivity index (χ0) is 24.0. The topological polar surface area (TPSA) is 44.7 Å². The molecule has 0 radical (unpaired) electrons. The second-order valence-electron chi connectivity index (χ2n) is 9.85. The molecule has 2 aromatic rings. The van der Waals surface area contributed by atoms with Crippen LogP contribution in [-0.4, -0.2) is 47.7 Å². The molecule has 0 bridgehead atoms. The van der Waals surface area contributed by atoms with Crippen LogP contribution in [0.15, 0.2) is 42.5 Å². The van der Waals surface area contributed by atoms with Crippen molar-refractivity contribution in [2.45, 2.75) is 70.4 Å². The molecule has 3 atom stereocenters. The minimum absolute atomic E-state index is 0.0650. The lowest BCUT2D eigenvalue weighted by Gasteiger charge is -2.34. The molecule has 1 aliphatic heterocycles. The van der Waals surface area contributed by atoms with E-state index >= 15 is 0 Å². The third-order valence-electron chi connectivity index (χ3n) is 5.97. The average Bonchev–Trinajstić information content (AvgIpc) is 2.75. The van der Waals surface area contributed by atoms with Crippen LogP contribution in [0.25, 0.3) is 0 Å². The fraction of sp³-hybridized carbons (Fsp3) is 0.538. The van der Waals surface area contributed by atoms with Gasteiger partial charge in [-0.15, -0.1) is 0 Å². The van der Waals surface area contributed by atoms with Crippen LogP contribution in [0.2, 0.25) is 0 Å². The van der Waals surface area contributed by atoms with Gasteiger partial charge in [0, 0.05) is 18.7 Å². The molecule has 0 amide bonds. The van der Waals surface area contributed by atoms with E-state index in [1.54, 1.807) is 0 Å². The van der Waals surface area contributed by atoms with Crippen molar-refractivity contribution in [3.8, 4) is 0 Å². The molecular weight excluding hydrogens is 429 g/mol. The molecule has 0 saturated carbocycles. The van der Waals surface area contributed by atoms with Crippen molar-refractivity contribution in [2.24, 2.45) is 0 Å². The molecule has 1 aliphatic rings. The Balaban J connectivity index is 1.66. The number of piperidine rings is 1. The van der Waals surface area contributed by atoms with Crippen molar-refractivity contribution in [1.82, 2.24) is 10.2 Å². The summed E-state index contributed by atoms with van der Waals surface area (Å²) in [6.45, 7) is 8.08. The first-order valence-electron chi connectivity index (χ1n) is 11.6. The molecule has 1 heterocycles. The van der Waals surface area contributed by atoms with Crippen LogP contribution in [0.1, 0.15) is 57.1 Å². The maximum atomic E-state index is 14.3. The van der Waals surface area contributed by atoms with Crippen LogP contribution >= 0.6 is 0 Å². The van der Waals surface area contributed by atoms with Gasteiger partial charge in [0.15, 0.2) is 11.6 Å². The predicted octanol–water partition coefficient (Wildman–Crippen LogP) is 4.97. The number of aliphatic hydroxyl groups is 1. The first-order chi connectivity index (χ1) is 15.6. The van der Waals surface area contributed by atoms with Gasteiger partial charge >= 0.3 is 0 Å². The Hall–Kier alpha value is -1.93. The summed E-state index contributed by atoms with van der Waals surface area (Å²) in [5, 5.41) is 13.3. The summed E-state index contributed by atoms with van der Waals surface area (Å²) in [7, 11) is 0. The number of benzene rings is 2. The Morgan fingerprint density at radius 3 is 2.48 bits per heavy atom. The molecule has 3 rings (SSSR count). The first kappa shape index (κ1) is 25.7. The molecule has 7 heteroatoms. The van der Waals surface area contributed by atoms with Crippen LogP contribution in [0.4, 0.5) is 13.2 Å². The van der Waals surface area contributed by atoms with Crippen LogP contribution in [-0.2, 0) is 11.2 Å². The van der Waals surface area contributed by atoms with E-state index in [-0.39, 0.29) is 18.0 Å². The number of nitrogens with zero attached hydrogens (tertiary/aromatic N) is 1. The number of ether oxygens (including phenoxy) is 1. The maximum absolute atomic E-state index is 14.3. The van der Waals surface area contributed by atoms with E-state index in [0.29, 0.717) is 18.4 Å². The summed E-state index contributed by atoms with van der Waals surface area (Å²) in [6.07, 6.45) is 1.65. The van der Waals surface area contributed by atoms with Crippen LogP contribution in [0.3, 0.4) is 0 Å². The van der Waals surface area contributed by atoms with E-state index in [1.165, 1.54) is 5.56 Å². The van der Waals surface area contributed by atoms with Crippen molar-refractivity contribution in [1.29, 1.82) is 0 Å². The van der Waals surface area contributed by atoms with Gasteiger partial charge in [0.25, 0.3) is 0 Å². The van der Waals surface area contributed by atoms with E-state index < -0.39 is 29.5 Å². The van der Waals surface area contributed by atoms with E-state index in [0.717, 1.165) is 38.5 Å². The van der Waals surface area contributed by atoms with E-state index in [9.17, 15) is 18.3 Å². The SMILES string of the molecule is CC(C)(C)OC(O)N[C@@H](CCN1CCCC(c2ccccc2)C1)Cc1cc(F)c(F)cc1F. The minimum Gasteiger partial charge on any atom is -0.356 e. The first-order valence-corrected chi connectivity index (χ1v) is 11.6. The van der Waals surface area contributed by atoms with Gasteiger partial charge in [-0.05, 0) is 82.7 Å². The molecule has 2 aromatic carbocycles. The number of halogens is 3. The Morgan fingerprint density at radius 2 is 1.79 bits per heavy atom. The molecule has 2 unspecified atom stereocenters. The van der Waals surface area contributed by atoms with Crippen LogP contribution < -0.4 is 5.32 Å². The lowest BCUT2D eigenvalue weighted by atomic mass is 9.90. The smallest absolute Gasteiger partial charge is 0.214 e. The summed E-state index contributed by atoms with van der Waals surface area (Å²) in [4.78, 5) is 2.37. The Morgan fingerprint density at radius 1 is 1.09 bits per heavy atom. The average molecular weight is 465 g/mol. The standard InChI is InChI=1S/C26H35F3N2O2/c1-26(2,3)33-25(32)30-21(14-20-15-23(28)24(29)16-22(20)27)11-13-31-12-7-10-19(17-31)18-8-5-4-6-9-18/h4-6,8-9,15-16,19,21,25,30,32H,7,10-14,17H2,1-3H3/t19?,21-,25?/m0/s1. The molecule has 1 fully saturated rings. The number of hydrogen-bond donors (Lipinski definition) is 2. The zero-order valence-electron chi connectivity index (χ0n) is 19.7. The van der Waals surface area contributed by atoms with Gasteiger partial charge in [0.05, 0.1) is 5.60 Å². The summed E-state index contributed by atoms with van der Waals surface area (Å²) in [5.41, 5.74) is 0.810.